The van der Waals surface area contributed by atoms with Crippen LogP contribution in [0.2, 0.25) is 0 Å². The zero-order valence-electron chi connectivity index (χ0n) is 25.8. The normalized spacial score (nSPS) is 21.1. The summed E-state index contributed by atoms with van der Waals surface area (Å²) in [5, 5.41) is 10.7. The molecule has 9 rings (SSSR count). The van der Waals surface area contributed by atoms with Gasteiger partial charge in [0.05, 0.1) is 17.3 Å². The maximum atomic E-state index is 9.37. The predicted octanol–water partition coefficient (Wildman–Crippen LogP) is 10.7. The highest BCUT2D eigenvalue weighted by molar-refractivity contribution is 6.05. The quantitative estimate of drug-likeness (QED) is 0.194. The van der Waals surface area contributed by atoms with Gasteiger partial charge in [0.1, 0.15) is 0 Å². The Morgan fingerprint density at radius 1 is 0.761 bits per heavy atom. The van der Waals surface area contributed by atoms with Gasteiger partial charge in [-0.05, 0) is 73.6 Å². The summed E-state index contributed by atoms with van der Waals surface area (Å²) in [6.07, 6.45) is 20.9. The second kappa shape index (κ2) is 10.9. The Morgan fingerprint density at radius 3 is 2.48 bits per heavy atom. The maximum Gasteiger partial charge on any atom is 0.0988 e. The van der Waals surface area contributed by atoms with Crippen molar-refractivity contribution in [2.75, 3.05) is 4.90 Å². The molecule has 46 heavy (non-hydrogen) atoms. The summed E-state index contributed by atoms with van der Waals surface area (Å²) in [6, 6.07) is 36.7. The topological polar surface area (TPSA) is 32.0 Å². The van der Waals surface area contributed by atoms with Crippen LogP contribution in [0.1, 0.15) is 59.9 Å². The zero-order valence-corrected chi connectivity index (χ0v) is 25.8. The van der Waals surface area contributed by atoms with E-state index in [1.807, 2.05) is 6.08 Å². The Bertz CT molecular complexity index is 2170. The van der Waals surface area contributed by atoms with Gasteiger partial charge in [0, 0.05) is 62.6 Å². The fourth-order valence-electron chi connectivity index (χ4n) is 8.42. The predicted molar refractivity (Wildman–Crippen MR) is 190 cm³/mol. The van der Waals surface area contributed by atoms with Gasteiger partial charge in [-0.2, -0.15) is 5.26 Å². The standard InChI is InChI=1S/C43H35N3/c44-28-29-23-25-30(26-24-29)31-11-8-14-33(27-31)46-41-22-7-5-16-35(41)37-18-10-20-39(43(37)46)38-19-9-17-36-34-15-4-6-21-40(34)45(42(36)38)32-12-2-1-3-13-32/h1-5,8-20,23-25,27,30,34,40H,6-7,21-22,26H2. The molecule has 0 fully saturated rings. The van der Waals surface area contributed by atoms with Crippen LogP contribution in [0.4, 0.5) is 11.4 Å². The van der Waals surface area contributed by atoms with Gasteiger partial charge in [0.25, 0.3) is 0 Å². The second-order valence-electron chi connectivity index (χ2n) is 13.0. The number of allylic oxidation sites excluding steroid dienone is 6. The van der Waals surface area contributed by atoms with Crippen molar-refractivity contribution in [2.24, 2.45) is 0 Å². The largest absolute Gasteiger partial charge is 0.337 e. The van der Waals surface area contributed by atoms with Gasteiger partial charge in [-0.15, -0.1) is 0 Å². The van der Waals surface area contributed by atoms with E-state index < -0.39 is 0 Å². The molecule has 2 heterocycles. The van der Waals surface area contributed by atoms with Gasteiger partial charge < -0.3 is 9.47 Å². The number of benzene rings is 4. The first-order valence-electron chi connectivity index (χ1n) is 16.7. The summed E-state index contributed by atoms with van der Waals surface area (Å²) < 4.78 is 2.56. The Kier molecular flexibility index (Phi) is 6.42. The minimum absolute atomic E-state index is 0.266. The molecule has 0 saturated carbocycles. The third-order valence-corrected chi connectivity index (χ3v) is 10.5. The molecule has 4 aliphatic rings. The lowest BCUT2D eigenvalue weighted by molar-refractivity contribution is 0.565. The van der Waals surface area contributed by atoms with Gasteiger partial charge in [-0.3, -0.25) is 0 Å². The molecule has 222 valence electrons. The summed E-state index contributed by atoms with van der Waals surface area (Å²) in [5.74, 6) is 0.657. The van der Waals surface area contributed by atoms with Crippen molar-refractivity contribution in [2.45, 2.75) is 50.0 Å². The van der Waals surface area contributed by atoms with Crippen LogP contribution in [0.3, 0.4) is 0 Å². The Morgan fingerprint density at radius 2 is 1.61 bits per heavy atom. The SMILES string of the molecule is N#CC1=CCC(c2cccc(-n3c4c(c5cccc(-c6cccc7c6N(c6ccccc6)C6CCC=CC76)c53)C=CCC4)c2)C=C1. The number of hydrogen-bond donors (Lipinski definition) is 0. The highest BCUT2D eigenvalue weighted by atomic mass is 15.2. The fraction of sp³-hybridized carbons (Fsp3) is 0.186. The first kappa shape index (κ1) is 27.0. The number of nitriles is 1. The summed E-state index contributed by atoms with van der Waals surface area (Å²) >= 11 is 0. The van der Waals surface area contributed by atoms with Crippen molar-refractivity contribution in [3.05, 3.63) is 155 Å². The molecule has 3 unspecified atom stereocenters. The van der Waals surface area contributed by atoms with Gasteiger partial charge in [-0.25, -0.2) is 0 Å². The molecule has 3 nitrogen and oxygen atoms in total. The van der Waals surface area contributed by atoms with E-state index in [-0.39, 0.29) is 5.92 Å². The van der Waals surface area contributed by atoms with Gasteiger partial charge >= 0.3 is 0 Å². The van der Waals surface area contributed by atoms with Crippen molar-refractivity contribution in [1.29, 1.82) is 5.26 Å². The molecule has 3 atom stereocenters. The molecule has 1 aromatic heterocycles. The molecule has 0 radical (unpaired) electrons. The van der Waals surface area contributed by atoms with Crippen LogP contribution in [-0.2, 0) is 6.42 Å². The molecular weight excluding hydrogens is 558 g/mol. The Hall–Kier alpha value is -5.33. The number of rotatable bonds is 4. The van der Waals surface area contributed by atoms with Crippen molar-refractivity contribution < 1.29 is 0 Å². The lowest BCUT2D eigenvalue weighted by Crippen LogP contribution is -2.31. The minimum Gasteiger partial charge on any atom is -0.337 e. The fourth-order valence-corrected chi connectivity index (χ4v) is 8.42. The highest BCUT2D eigenvalue weighted by Crippen LogP contribution is 2.54. The van der Waals surface area contributed by atoms with E-state index in [1.165, 1.54) is 61.5 Å². The van der Waals surface area contributed by atoms with E-state index in [4.69, 9.17) is 0 Å². The van der Waals surface area contributed by atoms with Crippen LogP contribution in [-0.4, -0.2) is 10.6 Å². The second-order valence-corrected chi connectivity index (χ2v) is 13.0. The molecule has 3 aliphatic carbocycles. The summed E-state index contributed by atoms with van der Waals surface area (Å²) in [4.78, 5) is 2.64. The lowest BCUT2D eigenvalue weighted by atomic mass is 9.87. The molecule has 4 aromatic carbocycles. The molecule has 0 N–H and O–H groups in total. The van der Waals surface area contributed by atoms with Gasteiger partial charge in [0.15, 0.2) is 0 Å². The molecule has 0 saturated heterocycles. The zero-order chi connectivity index (χ0) is 30.6. The van der Waals surface area contributed by atoms with E-state index >= 15 is 0 Å². The number of hydrogen-bond acceptors (Lipinski definition) is 2. The van der Waals surface area contributed by atoms with E-state index in [0.717, 1.165) is 37.7 Å². The number of aromatic nitrogens is 1. The Balaban J connectivity index is 1.28. The van der Waals surface area contributed by atoms with Crippen molar-refractivity contribution >= 4 is 28.4 Å². The van der Waals surface area contributed by atoms with Crippen LogP contribution in [0.5, 0.6) is 0 Å². The molecule has 0 bridgehead atoms. The number of nitrogens with zero attached hydrogens (tertiary/aromatic N) is 3. The summed E-state index contributed by atoms with van der Waals surface area (Å²) in [6.45, 7) is 0. The molecular formula is C43H35N3. The van der Waals surface area contributed by atoms with Gasteiger partial charge in [0.2, 0.25) is 0 Å². The lowest BCUT2D eigenvalue weighted by Gasteiger charge is -2.32. The monoisotopic (exact) mass is 593 g/mol. The van der Waals surface area contributed by atoms with Crippen LogP contribution in [0.15, 0.2) is 133 Å². The van der Waals surface area contributed by atoms with Crippen molar-refractivity contribution in [3.63, 3.8) is 0 Å². The minimum atomic E-state index is 0.266. The number of para-hydroxylation sites is 3. The van der Waals surface area contributed by atoms with E-state index in [2.05, 4.69) is 143 Å². The number of fused-ring (bicyclic) bond motifs is 6. The molecule has 3 heteroatoms. The maximum absolute atomic E-state index is 9.37. The molecule has 1 aliphatic heterocycles. The van der Waals surface area contributed by atoms with Gasteiger partial charge in [-0.1, -0.05) is 103 Å². The third-order valence-electron chi connectivity index (χ3n) is 10.5. The third kappa shape index (κ3) is 4.17. The first-order chi connectivity index (χ1) is 22.8. The first-order valence-corrected chi connectivity index (χ1v) is 16.7. The van der Waals surface area contributed by atoms with Crippen LogP contribution in [0, 0.1) is 11.3 Å². The van der Waals surface area contributed by atoms with Crippen LogP contribution in [0.25, 0.3) is 33.8 Å². The average molecular weight is 594 g/mol. The van der Waals surface area contributed by atoms with E-state index in [0.29, 0.717) is 12.0 Å². The smallest absolute Gasteiger partial charge is 0.0988 e. The van der Waals surface area contributed by atoms with Crippen LogP contribution < -0.4 is 4.90 Å². The number of anilines is 2. The van der Waals surface area contributed by atoms with E-state index in [1.54, 1.807) is 0 Å². The molecule has 0 spiro atoms. The Labute approximate surface area is 270 Å². The molecule has 5 aromatic rings. The molecule has 0 amide bonds. The van der Waals surface area contributed by atoms with Crippen molar-refractivity contribution in [1.82, 2.24) is 4.57 Å². The summed E-state index contributed by atoms with van der Waals surface area (Å²) in [7, 11) is 0. The average Bonchev–Trinajstić information content (AvgIpc) is 3.65. The van der Waals surface area contributed by atoms with Crippen LogP contribution >= 0.6 is 0 Å². The highest BCUT2D eigenvalue weighted by Gasteiger charge is 2.40. The van der Waals surface area contributed by atoms with E-state index in [9.17, 15) is 5.26 Å². The summed E-state index contributed by atoms with van der Waals surface area (Å²) in [5.41, 5.74) is 13.9. The van der Waals surface area contributed by atoms with Crippen molar-refractivity contribution in [3.8, 4) is 22.9 Å².